The van der Waals surface area contributed by atoms with Crippen molar-refractivity contribution in [2.75, 3.05) is 7.11 Å². The second kappa shape index (κ2) is 4.74. The molecule has 4 nitrogen and oxygen atoms in total. The first kappa shape index (κ1) is 12.5. The van der Waals surface area contributed by atoms with Gasteiger partial charge in [0.2, 0.25) is 5.88 Å². The van der Waals surface area contributed by atoms with Crippen LogP contribution in [0.25, 0.3) is 0 Å². The van der Waals surface area contributed by atoms with Crippen molar-refractivity contribution < 1.29 is 9.84 Å². The van der Waals surface area contributed by atoms with Crippen LogP contribution in [0.15, 0.2) is 36.7 Å². The lowest BCUT2D eigenvalue weighted by Gasteiger charge is -2.25. The summed E-state index contributed by atoms with van der Waals surface area (Å²) < 4.78 is 5.16. The lowest BCUT2D eigenvalue weighted by atomic mass is 9.89. The summed E-state index contributed by atoms with van der Waals surface area (Å²) in [6.07, 6.45) is 3.08. The van der Waals surface area contributed by atoms with E-state index in [9.17, 15) is 5.11 Å². The van der Waals surface area contributed by atoms with Gasteiger partial charge in [0, 0.05) is 12.4 Å². The largest absolute Gasteiger partial charge is 0.480 e. The maximum absolute atomic E-state index is 10.8. The SMILES string of the molecule is COc1nccnc1C(C)(O)c1ccccc1C. The Morgan fingerprint density at radius 3 is 2.50 bits per heavy atom. The Bertz CT molecular complexity index is 553. The number of rotatable bonds is 3. The lowest BCUT2D eigenvalue weighted by Crippen LogP contribution is -2.26. The van der Waals surface area contributed by atoms with Gasteiger partial charge in [0.1, 0.15) is 11.3 Å². The summed E-state index contributed by atoms with van der Waals surface area (Å²) in [7, 11) is 1.52. The minimum Gasteiger partial charge on any atom is -0.480 e. The van der Waals surface area contributed by atoms with Gasteiger partial charge < -0.3 is 9.84 Å². The van der Waals surface area contributed by atoms with Crippen LogP contribution in [0.1, 0.15) is 23.7 Å². The van der Waals surface area contributed by atoms with Crippen LogP contribution in [0.5, 0.6) is 5.88 Å². The number of aromatic nitrogens is 2. The Labute approximate surface area is 106 Å². The summed E-state index contributed by atoms with van der Waals surface area (Å²) in [5, 5.41) is 10.8. The first-order valence-corrected chi connectivity index (χ1v) is 5.71. The number of ether oxygens (including phenoxy) is 1. The van der Waals surface area contributed by atoms with Crippen molar-refractivity contribution in [1.82, 2.24) is 9.97 Å². The monoisotopic (exact) mass is 244 g/mol. The van der Waals surface area contributed by atoms with E-state index in [0.717, 1.165) is 11.1 Å². The molecule has 0 aliphatic rings. The molecule has 2 aromatic rings. The van der Waals surface area contributed by atoms with Crippen molar-refractivity contribution in [3.05, 3.63) is 53.5 Å². The van der Waals surface area contributed by atoms with Crippen LogP contribution < -0.4 is 4.74 Å². The third kappa shape index (κ3) is 2.07. The number of hydrogen-bond donors (Lipinski definition) is 1. The Hall–Kier alpha value is -1.94. The number of aliphatic hydroxyl groups is 1. The second-order valence-electron chi connectivity index (χ2n) is 4.30. The molecule has 1 atom stereocenters. The molecule has 18 heavy (non-hydrogen) atoms. The zero-order valence-electron chi connectivity index (χ0n) is 10.7. The number of methoxy groups -OCH3 is 1. The molecule has 1 unspecified atom stereocenters. The molecule has 1 aromatic carbocycles. The van der Waals surface area contributed by atoms with Crippen molar-refractivity contribution >= 4 is 0 Å². The van der Waals surface area contributed by atoms with Crippen molar-refractivity contribution in [3.8, 4) is 5.88 Å². The molecule has 0 radical (unpaired) electrons. The van der Waals surface area contributed by atoms with Gasteiger partial charge in [-0.3, -0.25) is 4.98 Å². The van der Waals surface area contributed by atoms with Crippen LogP contribution in [0.3, 0.4) is 0 Å². The topological polar surface area (TPSA) is 55.2 Å². The third-order valence-electron chi connectivity index (χ3n) is 2.99. The summed E-state index contributed by atoms with van der Waals surface area (Å²) >= 11 is 0. The van der Waals surface area contributed by atoms with E-state index in [-0.39, 0.29) is 0 Å². The lowest BCUT2D eigenvalue weighted by molar-refractivity contribution is 0.0923. The van der Waals surface area contributed by atoms with Crippen LogP contribution in [0.4, 0.5) is 0 Å². The smallest absolute Gasteiger partial charge is 0.238 e. The average Bonchev–Trinajstić information content (AvgIpc) is 2.39. The predicted octanol–water partition coefficient (Wildman–Crippen LogP) is 2.05. The fourth-order valence-corrected chi connectivity index (χ4v) is 2.06. The number of aryl methyl sites for hydroxylation is 1. The molecule has 0 bridgehead atoms. The van der Waals surface area contributed by atoms with Crippen molar-refractivity contribution in [2.24, 2.45) is 0 Å². The minimum absolute atomic E-state index is 0.339. The Morgan fingerprint density at radius 1 is 1.17 bits per heavy atom. The molecule has 0 aliphatic heterocycles. The summed E-state index contributed by atoms with van der Waals surface area (Å²) in [6.45, 7) is 3.65. The molecule has 1 aromatic heterocycles. The fourth-order valence-electron chi connectivity index (χ4n) is 2.06. The summed E-state index contributed by atoms with van der Waals surface area (Å²) in [5.41, 5.74) is 0.978. The van der Waals surface area contributed by atoms with E-state index in [1.165, 1.54) is 13.3 Å². The summed E-state index contributed by atoms with van der Waals surface area (Å²) in [6, 6.07) is 7.65. The fraction of sp³-hybridized carbons (Fsp3) is 0.286. The highest BCUT2D eigenvalue weighted by Crippen LogP contribution is 2.33. The van der Waals surface area contributed by atoms with Crippen LogP contribution >= 0.6 is 0 Å². The minimum atomic E-state index is -1.23. The molecule has 4 heteroatoms. The van der Waals surface area contributed by atoms with Gasteiger partial charge in [0.15, 0.2) is 0 Å². The zero-order chi connectivity index (χ0) is 13.2. The van der Waals surface area contributed by atoms with Gasteiger partial charge >= 0.3 is 0 Å². The molecule has 94 valence electrons. The van der Waals surface area contributed by atoms with Crippen molar-refractivity contribution in [1.29, 1.82) is 0 Å². The molecule has 0 saturated carbocycles. The Balaban J connectivity index is 2.58. The van der Waals surface area contributed by atoms with E-state index >= 15 is 0 Å². The normalized spacial score (nSPS) is 14.0. The standard InChI is InChI=1S/C14H16N2O2/c1-10-6-4-5-7-11(10)14(2,17)12-13(18-3)16-9-8-15-12/h4-9,17H,1-3H3. The van der Waals surface area contributed by atoms with E-state index in [4.69, 9.17) is 4.74 Å². The van der Waals surface area contributed by atoms with Gasteiger partial charge in [-0.05, 0) is 25.0 Å². The predicted molar refractivity (Wildman–Crippen MR) is 68.4 cm³/mol. The third-order valence-corrected chi connectivity index (χ3v) is 2.99. The molecular weight excluding hydrogens is 228 g/mol. The highest BCUT2D eigenvalue weighted by atomic mass is 16.5. The van der Waals surface area contributed by atoms with E-state index in [2.05, 4.69) is 9.97 Å². The quantitative estimate of drug-likeness (QED) is 0.897. The average molecular weight is 244 g/mol. The van der Waals surface area contributed by atoms with E-state index < -0.39 is 5.60 Å². The van der Waals surface area contributed by atoms with E-state index in [0.29, 0.717) is 11.6 Å². The van der Waals surface area contributed by atoms with Gasteiger partial charge in [0.25, 0.3) is 0 Å². The van der Waals surface area contributed by atoms with Gasteiger partial charge in [0.05, 0.1) is 7.11 Å². The molecule has 1 heterocycles. The summed E-state index contributed by atoms with van der Waals surface area (Å²) in [5.74, 6) is 0.339. The highest BCUT2D eigenvalue weighted by Gasteiger charge is 2.32. The molecular formula is C14H16N2O2. The van der Waals surface area contributed by atoms with Gasteiger partial charge in [-0.2, -0.15) is 0 Å². The molecule has 0 spiro atoms. The van der Waals surface area contributed by atoms with E-state index in [1.807, 2.05) is 31.2 Å². The van der Waals surface area contributed by atoms with Gasteiger partial charge in [-0.15, -0.1) is 0 Å². The highest BCUT2D eigenvalue weighted by molar-refractivity contribution is 5.40. The number of hydrogen-bond acceptors (Lipinski definition) is 4. The first-order chi connectivity index (χ1) is 8.57. The molecule has 0 aliphatic carbocycles. The molecule has 2 rings (SSSR count). The van der Waals surface area contributed by atoms with Crippen LogP contribution in [-0.2, 0) is 5.60 Å². The van der Waals surface area contributed by atoms with Crippen molar-refractivity contribution in [2.45, 2.75) is 19.4 Å². The van der Waals surface area contributed by atoms with Crippen molar-refractivity contribution in [3.63, 3.8) is 0 Å². The molecule has 0 saturated heterocycles. The maximum Gasteiger partial charge on any atom is 0.238 e. The Morgan fingerprint density at radius 2 is 1.83 bits per heavy atom. The van der Waals surface area contributed by atoms with Gasteiger partial charge in [-0.1, -0.05) is 24.3 Å². The second-order valence-corrected chi connectivity index (χ2v) is 4.30. The van der Waals surface area contributed by atoms with E-state index in [1.54, 1.807) is 13.1 Å². The van der Waals surface area contributed by atoms with Crippen LogP contribution in [0, 0.1) is 6.92 Å². The first-order valence-electron chi connectivity index (χ1n) is 5.71. The van der Waals surface area contributed by atoms with Crippen LogP contribution in [0.2, 0.25) is 0 Å². The molecule has 1 N–H and O–H groups in total. The zero-order valence-corrected chi connectivity index (χ0v) is 10.7. The Kier molecular flexibility index (Phi) is 3.30. The number of benzene rings is 1. The molecule has 0 amide bonds. The molecule has 0 fully saturated rings. The maximum atomic E-state index is 10.8. The van der Waals surface area contributed by atoms with Gasteiger partial charge in [-0.25, -0.2) is 4.98 Å². The summed E-state index contributed by atoms with van der Waals surface area (Å²) in [4.78, 5) is 8.28. The van der Waals surface area contributed by atoms with Crippen LogP contribution in [-0.4, -0.2) is 22.2 Å². The number of nitrogens with zero attached hydrogens (tertiary/aromatic N) is 2.